The smallest absolute Gasteiger partial charge is 0.220 e. The zero-order valence-corrected chi connectivity index (χ0v) is 17.5. The summed E-state index contributed by atoms with van der Waals surface area (Å²) in [5, 5.41) is 1.12. The van der Waals surface area contributed by atoms with E-state index in [0.29, 0.717) is 11.4 Å². The lowest BCUT2D eigenvalue weighted by molar-refractivity contribution is 0.555. The fourth-order valence-corrected chi connectivity index (χ4v) is 3.64. The van der Waals surface area contributed by atoms with E-state index < -0.39 is 9.84 Å². The average molecular weight is 406 g/mol. The molecule has 3 aromatic carbocycles. The maximum Gasteiger partial charge on any atom is 0.220 e. The van der Waals surface area contributed by atoms with Crippen molar-refractivity contribution < 1.29 is 13.2 Å². The molecule has 0 bridgehead atoms. The molecule has 0 aliphatic heterocycles. The second-order valence-corrected chi connectivity index (χ2v) is 8.63. The van der Waals surface area contributed by atoms with Gasteiger partial charge in [-0.25, -0.2) is 13.4 Å². The van der Waals surface area contributed by atoms with Gasteiger partial charge < -0.3 is 4.74 Å². The summed E-state index contributed by atoms with van der Waals surface area (Å²) in [5.74, 6) is 0.785. The number of rotatable bonds is 5. The van der Waals surface area contributed by atoms with E-state index in [0.717, 1.165) is 22.1 Å². The standard InChI is InChI=1S/C24H23NO3S/c1-18-8-7-9-22(16-18)28-24(25-21-13-12-19(2)20(3)17-21)14-15-29(26,27)23-10-5-4-6-11-23/h4-17H,1-3H3/b15-14+,25-24?. The summed E-state index contributed by atoms with van der Waals surface area (Å²) in [6, 6.07) is 21.6. The maximum atomic E-state index is 12.6. The van der Waals surface area contributed by atoms with Crippen LogP contribution >= 0.6 is 0 Å². The molecule has 0 fully saturated rings. The SMILES string of the molecule is Cc1cccc(OC(/C=C/S(=O)(=O)c2ccccc2)=Nc2ccc(C)c(C)c2)c1. The number of ether oxygens (including phenoxy) is 1. The number of hydrogen-bond donors (Lipinski definition) is 0. The van der Waals surface area contributed by atoms with Crippen molar-refractivity contribution in [3.05, 3.63) is 101 Å². The Morgan fingerprint density at radius 3 is 2.31 bits per heavy atom. The molecule has 0 aliphatic carbocycles. The fraction of sp³-hybridized carbons (Fsp3) is 0.125. The molecular weight excluding hydrogens is 382 g/mol. The zero-order chi connectivity index (χ0) is 20.9. The first-order valence-corrected chi connectivity index (χ1v) is 10.8. The van der Waals surface area contributed by atoms with E-state index in [1.165, 1.54) is 6.08 Å². The average Bonchev–Trinajstić information content (AvgIpc) is 2.70. The topological polar surface area (TPSA) is 55.7 Å². The molecule has 5 heteroatoms. The van der Waals surface area contributed by atoms with Crippen molar-refractivity contribution in [2.45, 2.75) is 25.7 Å². The Morgan fingerprint density at radius 2 is 1.62 bits per heavy atom. The summed E-state index contributed by atoms with van der Waals surface area (Å²) < 4.78 is 31.1. The first-order valence-electron chi connectivity index (χ1n) is 9.22. The molecule has 29 heavy (non-hydrogen) atoms. The van der Waals surface area contributed by atoms with Gasteiger partial charge in [0.1, 0.15) is 5.75 Å². The highest BCUT2D eigenvalue weighted by Crippen LogP contribution is 2.20. The molecule has 0 aliphatic rings. The summed E-state index contributed by atoms with van der Waals surface area (Å²) in [6.45, 7) is 5.99. The molecule has 3 rings (SSSR count). The largest absolute Gasteiger partial charge is 0.439 e. The van der Waals surface area contributed by atoms with Crippen LogP contribution < -0.4 is 4.74 Å². The number of aliphatic imine (C=N–C) groups is 1. The molecule has 3 aromatic rings. The van der Waals surface area contributed by atoms with Crippen LogP contribution in [-0.4, -0.2) is 14.3 Å². The first kappa shape index (κ1) is 20.6. The molecule has 0 unspecified atom stereocenters. The third kappa shape index (κ3) is 5.65. The van der Waals surface area contributed by atoms with Crippen LogP contribution in [0.1, 0.15) is 16.7 Å². The third-order valence-electron chi connectivity index (χ3n) is 4.40. The molecule has 0 aromatic heterocycles. The van der Waals surface area contributed by atoms with Gasteiger partial charge in [0.05, 0.1) is 10.6 Å². The van der Waals surface area contributed by atoms with Gasteiger partial charge in [0.25, 0.3) is 0 Å². The van der Waals surface area contributed by atoms with Crippen molar-refractivity contribution in [2.24, 2.45) is 4.99 Å². The number of nitrogens with zero attached hydrogens (tertiary/aromatic N) is 1. The molecule has 0 saturated heterocycles. The van der Waals surface area contributed by atoms with Gasteiger partial charge >= 0.3 is 0 Å². The van der Waals surface area contributed by atoms with Crippen LogP contribution in [0.5, 0.6) is 5.75 Å². The molecular formula is C24H23NO3S. The maximum absolute atomic E-state index is 12.6. The highest BCUT2D eigenvalue weighted by molar-refractivity contribution is 7.94. The van der Waals surface area contributed by atoms with E-state index in [-0.39, 0.29) is 10.8 Å². The van der Waals surface area contributed by atoms with Crippen LogP contribution in [0.25, 0.3) is 0 Å². The van der Waals surface area contributed by atoms with E-state index in [1.807, 2.05) is 63.2 Å². The highest BCUT2D eigenvalue weighted by Gasteiger charge is 2.11. The van der Waals surface area contributed by atoms with Gasteiger partial charge in [0.2, 0.25) is 5.90 Å². The van der Waals surface area contributed by atoms with E-state index in [1.54, 1.807) is 30.3 Å². The van der Waals surface area contributed by atoms with Crippen molar-refractivity contribution in [1.29, 1.82) is 0 Å². The quantitative estimate of drug-likeness (QED) is 0.404. The van der Waals surface area contributed by atoms with Gasteiger partial charge in [-0.05, 0) is 73.9 Å². The van der Waals surface area contributed by atoms with Crippen LogP contribution in [0, 0.1) is 20.8 Å². The Kier molecular flexibility index (Phi) is 6.29. The third-order valence-corrected chi connectivity index (χ3v) is 5.83. The summed E-state index contributed by atoms with van der Waals surface area (Å²) in [6.07, 6.45) is 1.39. The van der Waals surface area contributed by atoms with E-state index in [2.05, 4.69) is 4.99 Å². The van der Waals surface area contributed by atoms with E-state index >= 15 is 0 Å². The van der Waals surface area contributed by atoms with Gasteiger partial charge in [-0.1, -0.05) is 36.4 Å². The molecule has 4 nitrogen and oxygen atoms in total. The Labute approximate surface area is 172 Å². The Bertz CT molecular complexity index is 1160. The van der Waals surface area contributed by atoms with Gasteiger partial charge in [-0.2, -0.15) is 0 Å². The second-order valence-electron chi connectivity index (χ2n) is 6.80. The minimum absolute atomic E-state index is 0.193. The lowest BCUT2D eigenvalue weighted by Gasteiger charge is -2.08. The predicted molar refractivity (Wildman–Crippen MR) is 118 cm³/mol. The summed E-state index contributed by atoms with van der Waals surface area (Å²) in [4.78, 5) is 4.75. The lowest BCUT2D eigenvalue weighted by atomic mass is 10.1. The molecule has 0 spiro atoms. The molecule has 0 saturated carbocycles. The Balaban J connectivity index is 1.98. The van der Waals surface area contributed by atoms with Gasteiger partial charge in [-0.15, -0.1) is 0 Å². The van der Waals surface area contributed by atoms with Crippen LogP contribution in [0.4, 0.5) is 5.69 Å². The summed E-state index contributed by atoms with van der Waals surface area (Å²) >= 11 is 0. The number of aryl methyl sites for hydroxylation is 3. The molecule has 0 N–H and O–H groups in total. The van der Waals surface area contributed by atoms with Crippen LogP contribution in [0.2, 0.25) is 0 Å². The van der Waals surface area contributed by atoms with Crippen molar-refractivity contribution in [1.82, 2.24) is 0 Å². The minimum Gasteiger partial charge on any atom is -0.439 e. The monoisotopic (exact) mass is 405 g/mol. The van der Waals surface area contributed by atoms with Gasteiger partial charge in [0, 0.05) is 11.5 Å². The van der Waals surface area contributed by atoms with E-state index in [9.17, 15) is 8.42 Å². The normalized spacial score (nSPS) is 12.3. The molecule has 0 amide bonds. The van der Waals surface area contributed by atoms with Crippen LogP contribution in [0.3, 0.4) is 0 Å². The minimum atomic E-state index is -3.60. The Hall–Kier alpha value is -3.18. The Morgan fingerprint density at radius 1 is 0.862 bits per heavy atom. The predicted octanol–water partition coefficient (Wildman–Crippen LogP) is 5.71. The molecule has 0 radical (unpaired) electrons. The van der Waals surface area contributed by atoms with Crippen LogP contribution in [-0.2, 0) is 9.84 Å². The van der Waals surface area contributed by atoms with Crippen molar-refractivity contribution in [3.8, 4) is 5.75 Å². The zero-order valence-electron chi connectivity index (χ0n) is 16.7. The molecule has 0 atom stereocenters. The second kappa shape index (κ2) is 8.88. The summed E-state index contributed by atoms with van der Waals surface area (Å²) in [7, 11) is -3.60. The van der Waals surface area contributed by atoms with Crippen molar-refractivity contribution in [3.63, 3.8) is 0 Å². The van der Waals surface area contributed by atoms with Crippen molar-refractivity contribution >= 4 is 21.4 Å². The number of benzene rings is 3. The van der Waals surface area contributed by atoms with Crippen molar-refractivity contribution in [2.75, 3.05) is 0 Å². The number of hydrogen-bond acceptors (Lipinski definition) is 4. The first-order chi connectivity index (χ1) is 13.8. The van der Waals surface area contributed by atoms with Gasteiger partial charge in [-0.3, -0.25) is 0 Å². The molecule has 148 valence electrons. The van der Waals surface area contributed by atoms with E-state index in [4.69, 9.17) is 4.74 Å². The van der Waals surface area contributed by atoms with Crippen LogP contribution in [0.15, 0.2) is 94.2 Å². The fourth-order valence-electron chi connectivity index (χ4n) is 2.65. The number of sulfone groups is 1. The van der Waals surface area contributed by atoms with Gasteiger partial charge in [0.15, 0.2) is 9.84 Å². The highest BCUT2D eigenvalue weighted by atomic mass is 32.2. The molecule has 0 heterocycles. The summed E-state index contributed by atoms with van der Waals surface area (Å²) in [5.41, 5.74) is 3.99. The lowest BCUT2D eigenvalue weighted by Crippen LogP contribution is -2.06.